The fraction of sp³-hybridized carbons (Fsp3) is 0.444. The zero-order valence-corrected chi connectivity index (χ0v) is 13.4. The van der Waals surface area contributed by atoms with Crippen LogP contribution in [0.25, 0.3) is 0 Å². The number of nitrogens with one attached hydrogen (secondary N) is 2. The maximum atomic E-state index is 12.1. The number of carbonyl (C=O) groups excluding carboxylic acids is 2. The Morgan fingerprint density at radius 3 is 2.59 bits per heavy atom. The molecule has 0 saturated carbocycles. The lowest BCUT2D eigenvalue weighted by Gasteiger charge is -2.12. The van der Waals surface area contributed by atoms with E-state index in [0.717, 1.165) is 60.2 Å². The Morgan fingerprint density at radius 1 is 1.14 bits per heavy atom. The molecule has 0 atom stereocenters. The topological polar surface area (TPSA) is 65.7 Å². The van der Waals surface area contributed by atoms with Crippen molar-refractivity contribution in [3.8, 4) is 0 Å². The van der Waals surface area contributed by atoms with Gasteiger partial charge in [-0.05, 0) is 49.8 Å². The minimum atomic E-state index is 0.258. The van der Waals surface area contributed by atoms with Gasteiger partial charge in [-0.25, -0.2) is 0 Å². The molecule has 0 aromatic carbocycles. The number of Topliss-reactive ketones (excluding diaryl/α,β-unsaturated/α-hetero) is 1. The quantitative estimate of drug-likeness (QED) is 0.849. The van der Waals surface area contributed by atoms with E-state index in [1.54, 1.807) is 0 Å². The molecule has 1 aliphatic rings. The average molecular weight is 298 g/mol. The number of carbonyl (C=O) groups is 2. The SMILES string of the molecule is CCc1c(Cc2[nH]c(C)c3c2CCCC3=O)[nH]c(C=O)c1C. The minimum absolute atomic E-state index is 0.258. The molecule has 116 valence electrons. The van der Waals surface area contributed by atoms with Gasteiger partial charge in [-0.2, -0.15) is 0 Å². The summed E-state index contributed by atoms with van der Waals surface area (Å²) in [6.45, 7) is 6.07. The number of aryl methyl sites for hydroxylation is 1. The number of H-pyrrole nitrogens is 2. The van der Waals surface area contributed by atoms with Gasteiger partial charge in [0.15, 0.2) is 12.1 Å². The van der Waals surface area contributed by atoms with Crippen LogP contribution in [0.15, 0.2) is 0 Å². The van der Waals surface area contributed by atoms with Gasteiger partial charge in [-0.15, -0.1) is 0 Å². The second-order valence-electron chi connectivity index (χ2n) is 6.13. The number of aromatic amines is 2. The largest absolute Gasteiger partial charge is 0.361 e. The molecule has 3 rings (SSSR count). The highest BCUT2D eigenvalue weighted by Gasteiger charge is 2.25. The van der Waals surface area contributed by atoms with E-state index in [2.05, 4.69) is 16.9 Å². The van der Waals surface area contributed by atoms with Gasteiger partial charge in [0, 0.05) is 35.5 Å². The molecule has 0 fully saturated rings. The van der Waals surface area contributed by atoms with E-state index in [-0.39, 0.29) is 5.78 Å². The van der Waals surface area contributed by atoms with Crippen LogP contribution in [-0.4, -0.2) is 22.0 Å². The lowest BCUT2D eigenvalue weighted by molar-refractivity contribution is 0.0972. The molecular weight excluding hydrogens is 276 g/mol. The van der Waals surface area contributed by atoms with Crippen molar-refractivity contribution in [3.05, 3.63) is 45.0 Å². The van der Waals surface area contributed by atoms with Crippen molar-refractivity contribution in [2.45, 2.75) is 52.9 Å². The van der Waals surface area contributed by atoms with Crippen LogP contribution < -0.4 is 0 Å². The van der Waals surface area contributed by atoms with Gasteiger partial charge in [-0.1, -0.05) is 6.92 Å². The van der Waals surface area contributed by atoms with Crippen molar-refractivity contribution in [1.29, 1.82) is 0 Å². The summed E-state index contributed by atoms with van der Waals surface area (Å²) < 4.78 is 0. The van der Waals surface area contributed by atoms with Crippen molar-refractivity contribution < 1.29 is 9.59 Å². The van der Waals surface area contributed by atoms with Crippen LogP contribution >= 0.6 is 0 Å². The Hall–Kier alpha value is -2.10. The number of aromatic nitrogens is 2. The van der Waals surface area contributed by atoms with Gasteiger partial charge < -0.3 is 9.97 Å². The van der Waals surface area contributed by atoms with Crippen molar-refractivity contribution >= 4 is 12.1 Å². The van der Waals surface area contributed by atoms with Crippen LogP contribution in [0.4, 0.5) is 0 Å². The first-order valence-corrected chi connectivity index (χ1v) is 7.95. The summed E-state index contributed by atoms with van der Waals surface area (Å²) in [5, 5.41) is 0. The van der Waals surface area contributed by atoms with E-state index in [1.165, 1.54) is 11.1 Å². The molecule has 0 unspecified atom stereocenters. The van der Waals surface area contributed by atoms with Gasteiger partial charge in [0.25, 0.3) is 0 Å². The molecule has 2 aromatic rings. The number of ketones is 1. The number of hydrogen-bond donors (Lipinski definition) is 2. The molecule has 2 heterocycles. The first kappa shape index (κ1) is 14.8. The van der Waals surface area contributed by atoms with Crippen molar-refractivity contribution in [3.63, 3.8) is 0 Å². The first-order chi connectivity index (χ1) is 10.6. The highest BCUT2D eigenvalue weighted by molar-refractivity contribution is 6.00. The van der Waals surface area contributed by atoms with Crippen LogP contribution in [0.1, 0.15) is 74.4 Å². The Kier molecular flexibility index (Phi) is 3.77. The highest BCUT2D eigenvalue weighted by atomic mass is 16.1. The molecule has 4 heteroatoms. The molecule has 4 nitrogen and oxygen atoms in total. The number of hydrogen-bond acceptors (Lipinski definition) is 2. The third-order valence-corrected chi connectivity index (χ3v) is 4.82. The molecule has 0 amide bonds. The maximum absolute atomic E-state index is 12.1. The molecule has 1 aliphatic carbocycles. The van der Waals surface area contributed by atoms with Crippen LogP contribution in [0.2, 0.25) is 0 Å². The Labute approximate surface area is 130 Å². The fourth-order valence-electron chi connectivity index (χ4n) is 3.74. The van der Waals surface area contributed by atoms with E-state index in [4.69, 9.17) is 0 Å². The summed E-state index contributed by atoms with van der Waals surface area (Å²) in [4.78, 5) is 29.9. The Morgan fingerprint density at radius 2 is 1.91 bits per heavy atom. The van der Waals surface area contributed by atoms with Gasteiger partial charge >= 0.3 is 0 Å². The Balaban J connectivity index is 2.03. The van der Waals surface area contributed by atoms with Crippen LogP contribution in [0.3, 0.4) is 0 Å². The second kappa shape index (κ2) is 5.59. The molecule has 22 heavy (non-hydrogen) atoms. The van der Waals surface area contributed by atoms with E-state index >= 15 is 0 Å². The number of aldehydes is 1. The lowest BCUT2D eigenvalue weighted by atomic mass is 9.90. The zero-order chi connectivity index (χ0) is 15.9. The minimum Gasteiger partial charge on any atom is -0.361 e. The molecule has 2 aromatic heterocycles. The molecular formula is C18H22N2O2. The lowest BCUT2D eigenvalue weighted by Crippen LogP contribution is -2.10. The standard InChI is InChI=1S/C18H22N2O2/c1-4-12-10(2)16(9-21)20-14(12)8-15-13-6-5-7-17(22)18(13)11(3)19-15/h9,19-20H,4-8H2,1-3H3. The van der Waals surface area contributed by atoms with Crippen molar-refractivity contribution in [2.75, 3.05) is 0 Å². The van der Waals surface area contributed by atoms with E-state index in [9.17, 15) is 9.59 Å². The molecule has 0 bridgehead atoms. The fourth-order valence-corrected chi connectivity index (χ4v) is 3.74. The predicted octanol–water partition coefficient (Wildman–Crippen LogP) is 3.44. The summed E-state index contributed by atoms with van der Waals surface area (Å²) >= 11 is 0. The van der Waals surface area contributed by atoms with E-state index < -0.39 is 0 Å². The van der Waals surface area contributed by atoms with E-state index in [1.807, 2.05) is 13.8 Å². The van der Waals surface area contributed by atoms with Crippen LogP contribution in [0, 0.1) is 13.8 Å². The number of fused-ring (bicyclic) bond motifs is 1. The Bertz CT molecular complexity index is 750. The van der Waals surface area contributed by atoms with Gasteiger partial charge in [0.05, 0.1) is 5.69 Å². The highest BCUT2D eigenvalue weighted by Crippen LogP contribution is 2.30. The second-order valence-corrected chi connectivity index (χ2v) is 6.13. The summed E-state index contributed by atoms with van der Waals surface area (Å²) in [6.07, 6.45) is 5.05. The normalized spacial score (nSPS) is 14.2. The third-order valence-electron chi connectivity index (χ3n) is 4.82. The molecule has 0 spiro atoms. The third kappa shape index (κ3) is 2.23. The van der Waals surface area contributed by atoms with E-state index in [0.29, 0.717) is 12.1 Å². The molecule has 0 saturated heterocycles. The molecule has 2 N–H and O–H groups in total. The smallest absolute Gasteiger partial charge is 0.166 e. The summed E-state index contributed by atoms with van der Waals surface area (Å²) in [6, 6.07) is 0. The molecule has 0 radical (unpaired) electrons. The summed E-state index contributed by atoms with van der Waals surface area (Å²) in [5.41, 5.74) is 8.18. The van der Waals surface area contributed by atoms with Crippen molar-refractivity contribution in [1.82, 2.24) is 9.97 Å². The van der Waals surface area contributed by atoms with Gasteiger partial charge in [0.2, 0.25) is 0 Å². The van der Waals surface area contributed by atoms with Crippen molar-refractivity contribution in [2.24, 2.45) is 0 Å². The monoisotopic (exact) mass is 298 g/mol. The first-order valence-electron chi connectivity index (χ1n) is 7.95. The van der Waals surface area contributed by atoms with Crippen LogP contribution in [-0.2, 0) is 19.3 Å². The maximum Gasteiger partial charge on any atom is 0.166 e. The number of rotatable bonds is 4. The van der Waals surface area contributed by atoms with Gasteiger partial charge in [-0.3, -0.25) is 9.59 Å². The van der Waals surface area contributed by atoms with Crippen LogP contribution in [0.5, 0.6) is 0 Å². The average Bonchev–Trinajstić information content (AvgIpc) is 2.98. The van der Waals surface area contributed by atoms with Gasteiger partial charge in [0.1, 0.15) is 0 Å². The zero-order valence-electron chi connectivity index (χ0n) is 13.4. The molecule has 0 aliphatic heterocycles. The summed E-state index contributed by atoms with van der Waals surface area (Å²) in [7, 11) is 0. The summed E-state index contributed by atoms with van der Waals surface area (Å²) in [5.74, 6) is 0.258. The predicted molar refractivity (Wildman–Crippen MR) is 85.9 cm³/mol.